The Hall–Kier alpha value is -1.62. The summed E-state index contributed by atoms with van der Waals surface area (Å²) in [4.78, 5) is 4.39. The Morgan fingerprint density at radius 2 is 2.19 bits per heavy atom. The van der Waals surface area contributed by atoms with E-state index in [1.807, 2.05) is 18.3 Å². The first-order valence-corrected chi connectivity index (χ1v) is 5.55. The van der Waals surface area contributed by atoms with Gasteiger partial charge in [-0.1, -0.05) is 0 Å². The number of rotatable bonds is 6. The highest BCUT2D eigenvalue weighted by Gasteiger charge is 1.97. The third kappa shape index (κ3) is 2.70. The number of aliphatic hydroxyl groups excluding tert-OH is 1. The first-order valence-electron chi connectivity index (χ1n) is 5.55. The summed E-state index contributed by atoms with van der Waals surface area (Å²) in [5.74, 6) is 0.872. The highest BCUT2D eigenvalue weighted by molar-refractivity contribution is 5.45. The Labute approximate surface area is 94.1 Å². The van der Waals surface area contributed by atoms with E-state index in [2.05, 4.69) is 15.4 Å². The van der Waals surface area contributed by atoms with Gasteiger partial charge in [-0.25, -0.2) is 9.50 Å². The van der Waals surface area contributed by atoms with Crippen LogP contribution in [0.5, 0.6) is 0 Å². The summed E-state index contributed by atoms with van der Waals surface area (Å²) >= 11 is 0. The molecule has 0 aliphatic carbocycles. The van der Waals surface area contributed by atoms with Gasteiger partial charge in [0.15, 0.2) is 5.65 Å². The van der Waals surface area contributed by atoms with E-state index in [1.165, 1.54) is 0 Å². The molecule has 2 aromatic rings. The van der Waals surface area contributed by atoms with Crippen LogP contribution in [0.4, 0.5) is 5.82 Å². The number of hydrogen-bond donors (Lipinski definition) is 2. The standard InChI is InChI=1S/C11H16N4O/c16-9-3-1-2-6-12-10-5-8-15-11(14-10)4-7-13-15/h4-5,7-8,16H,1-3,6,9H2,(H,12,14). The molecule has 0 atom stereocenters. The van der Waals surface area contributed by atoms with E-state index in [0.29, 0.717) is 0 Å². The molecular formula is C11H16N4O. The van der Waals surface area contributed by atoms with Crippen LogP contribution in [0.25, 0.3) is 5.65 Å². The zero-order chi connectivity index (χ0) is 11.2. The lowest BCUT2D eigenvalue weighted by Crippen LogP contribution is -2.04. The molecule has 0 aliphatic heterocycles. The largest absolute Gasteiger partial charge is 0.396 e. The molecule has 2 aromatic heterocycles. The van der Waals surface area contributed by atoms with Crippen LogP contribution < -0.4 is 5.32 Å². The molecule has 0 aromatic carbocycles. The zero-order valence-corrected chi connectivity index (χ0v) is 9.13. The molecule has 16 heavy (non-hydrogen) atoms. The van der Waals surface area contributed by atoms with Gasteiger partial charge in [-0.3, -0.25) is 0 Å². The van der Waals surface area contributed by atoms with Crippen molar-refractivity contribution in [3.05, 3.63) is 24.5 Å². The quantitative estimate of drug-likeness (QED) is 0.720. The molecule has 2 heterocycles. The maximum absolute atomic E-state index is 8.63. The van der Waals surface area contributed by atoms with Crippen molar-refractivity contribution in [2.75, 3.05) is 18.5 Å². The van der Waals surface area contributed by atoms with Crippen LogP contribution in [0, 0.1) is 0 Å². The summed E-state index contributed by atoms with van der Waals surface area (Å²) in [6.07, 6.45) is 6.58. The number of hydrogen-bond acceptors (Lipinski definition) is 4. The van der Waals surface area contributed by atoms with Crippen molar-refractivity contribution in [3.63, 3.8) is 0 Å². The number of fused-ring (bicyclic) bond motifs is 1. The van der Waals surface area contributed by atoms with E-state index in [0.717, 1.165) is 37.3 Å². The molecule has 5 nitrogen and oxygen atoms in total. The normalized spacial score (nSPS) is 10.8. The number of anilines is 1. The molecule has 0 saturated carbocycles. The average Bonchev–Trinajstić information content (AvgIpc) is 2.76. The van der Waals surface area contributed by atoms with Gasteiger partial charge >= 0.3 is 0 Å². The van der Waals surface area contributed by atoms with Gasteiger partial charge in [0, 0.05) is 25.4 Å². The summed E-state index contributed by atoms with van der Waals surface area (Å²) < 4.78 is 1.73. The van der Waals surface area contributed by atoms with Crippen LogP contribution >= 0.6 is 0 Å². The van der Waals surface area contributed by atoms with Crippen LogP contribution in [0.2, 0.25) is 0 Å². The van der Waals surface area contributed by atoms with E-state index in [1.54, 1.807) is 10.7 Å². The zero-order valence-electron chi connectivity index (χ0n) is 9.13. The van der Waals surface area contributed by atoms with Gasteiger partial charge < -0.3 is 10.4 Å². The van der Waals surface area contributed by atoms with Crippen molar-refractivity contribution in [2.24, 2.45) is 0 Å². The van der Waals surface area contributed by atoms with Crippen LogP contribution in [-0.4, -0.2) is 32.9 Å². The Morgan fingerprint density at radius 1 is 1.25 bits per heavy atom. The molecular weight excluding hydrogens is 204 g/mol. The van der Waals surface area contributed by atoms with Crippen molar-refractivity contribution in [1.82, 2.24) is 14.6 Å². The minimum Gasteiger partial charge on any atom is -0.396 e. The summed E-state index contributed by atoms with van der Waals surface area (Å²) in [5.41, 5.74) is 0.848. The van der Waals surface area contributed by atoms with Crippen LogP contribution in [-0.2, 0) is 0 Å². The summed E-state index contributed by atoms with van der Waals surface area (Å²) in [6, 6.07) is 3.78. The van der Waals surface area contributed by atoms with Gasteiger partial charge in [-0.15, -0.1) is 0 Å². The number of nitrogens with zero attached hydrogens (tertiary/aromatic N) is 3. The molecule has 86 valence electrons. The van der Waals surface area contributed by atoms with E-state index in [4.69, 9.17) is 5.11 Å². The van der Waals surface area contributed by atoms with E-state index < -0.39 is 0 Å². The van der Waals surface area contributed by atoms with Gasteiger partial charge in [0.2, 0.25) is 0 Å². The minimum atomic E-state index is 0.278. The van der Waals surface area contributed by atoms with E-state index in [9.17, 15) is 0 Å². The fraction of sp³-hybridized carbons (Fsp3) is 0.455. The number of unbranched alkanes of at least 4 members (excludes halogenated alkanes) is 2. The Kier molecular flexibility index (Phi) is 3.71. The van der Waals surface area contributed by atoms with Crippen LogP contribution in [0.15, 0.2) is 24.5 Å². The van der Waals surface area contributed by atoms with Crippen molar-refractivity contribution >= 4 is 11.5 Å². The second-order valence-electron chi connectivity index (χ2n) is 3.66. The lowest BCUT2D eigenvalue weighted by molar-refractivity contribution is 0.283. The van der Waals surface area contributed by atoms with E-state index >= 15 is 0 Å². The SMILES string of the molecule is OCCCCCNc1ccn2nccc2n1. The molecule has 0 unspecified atom stereocenters. The molecule has 0 radical (unpaired) electrons. The molecule has 0 aliphatic rings. The number of aliphatic hydroxyl groups is 1. The van der Waals surface area contributed by atoms with Crippen molar-refractivity contribution in [1.29, 1.82) is 0 Å². The molecule has 5 heteroatoms. The van der Waals surface area contributed by atoms with Crippen LogP contribution in [0.3, 0.4) is 0 Å². The van der Waals surface area contributed by atoms with Gasteiger partial charge in [0.05, 0.1) is 6.20 Å². The van der Waals surface area contributed by atoms with Crippen molar-refractivity contribution < 1.29 is 5.11 Å². The molecule has 0 amide bonds. The smallest absolute Gasteiger partial charge is 0.157 e. The second kappa shape index (κ2) is 5.46. The molecule has 0 bridgehead atoms. The fourth-order valence-electron chi connectivity index (χ4n) is 1.54. The molecule has 0 fully saturated rings. The third-order valence-corrected chi connectivity index (χ3v) is 2.40. The van der Waals surface area contributed by atoms with E-state index in [-0.39, 0.29) is 6.61 Å². The van der Waals surface area contributed by atoms with Gasteiger partial charge in [-0.05, 0) is 25.3 Å². The Morgan fingerprint density at radius 3 is 3.06 bits per heavy atom. The van der Waals surface area contributed by atoms with Gasteiger partial charge in [0.25, 0.3) is 0 Å². The first-order chi connectivity index (χ1) is 7.90. The molecule has 0 spiro atoms. The number of nitrogens with one attached hydrogen (secondary N) is 1. The highest BCUT2D eigenvalue weighted by atomic mass is 16.2. The second-order valence-corrected chi connectivity index (χ2v) is 3.66. The topological polar surface area (TPSA) is 62.5 Å². The molecule has 2 rings (SSSR count). The third-order valence-electron chi connectivity index (χ3n) is 2.40. The predicted octanol–water partition coefficient (Wildman–Crippen LogP) is 1.30. The van der Waals surface area contributed by atoms with Crippen LogP contribution in [0.1, 0.15) is 19.3 Å². The lowest BCUT2D eigenvalue weighted by Gasteiger charge is -2.05. The molecule has 2 N–H and O–H groups in total. The Bertz CT molecular complexity index is 440. The van der Waals surface area contributed by atoms with Crippen molar-refractivity contribution in [3.8, 4) is 0 Å². The maximum Gasteiger partial charge on any atom is 0.157 e. The fourth-order valence-corrected chi connectivity index (χ4v) is 1.54. The lowest BCUT2D eigenvalue weighted by atomic mass is 10.2. The first kappa shape index (κ1) is 10.9. The predicted molar refractivity (Wildman–Crippen MR) is 62.4 cm³/mol. The minimum absolute atomic E-state index is 0.278. The van der Waals surface area contributed by atoms with Gasteiger partial charge in [-0.2, -0.15) is 5.10 Å². The maximum atomic E-state index is 8.63. The summed E-state index contributed by atoms with van der Waals surface area (Å²) in [7, 11) is 0. The summed E-state index contributed by atoms with van der Waals surface area (Å²) in [6.45, 7) is 1.16. The average molecular weight is 220 g/mol. The number of aromatic nitrogens is 3. The monoisotopic (exact) mass is 220 g/mol. The highest BCUT2D eigenvalue weighted by Crippen LogP contribution is 2.06. The van der Waals surface area contributed by atoms with Gasteiger partial charge in [0.1, 0.15) is 5.82 Å². The Balaban J connectivity index is 1.84. The van der Waals surface area contributed by atoms with Crippen molar-refractivity contribution in [2.45, 2.75) is 19.3 Å². The summed E-state index contributed by atoms with van der Waals surface area (Å²) in [5, 5.41) is 16.0. The molecule has 0 saturated heterocycles.